The molecular weight excluding hydrogens is 382 g/mol. The molecule has 2 rings (SSSR count). The van der Waals surface area contributed by atoms with E-state index in [0.29, 0.717) is 6.54 Å². The highest BCUT2D eigenvalue weighted by Crippen LogP contribution is 2.29. The number of rotatable bonds is 4. The van der Waals surface area contributed by atoms with E-state index in [1.165, 1.54) is 12.1 Å². The summed E-state index contributed by atoms with van der Waals surface area (Å²) in [5.74, 6) is 0.799. The molecule has 0 aliphatic heterocycles. The molecule has 1 heterocycles. The Morgan fingerprint density at radius 3 is 2.30 bits per heavy atom. The van der Waals surface area contributed by atoms with E-state index in [2.05, 4.69) is 27.9 Å². The third-order valence-corrected chi connectivity index (χ3v) is 3.53. The maximum atomic E-state index is 12.5. The minimum Gasteiger partial charge on any atom is -0.454 e. The molecular formula is C14H13F3INO. The first-order chi connectivity index (χ1) is 9.36. The van der Waals surface area contributed by atoms with Crippen LogP contribution in [0.3, 0.4) is 0 Å². The van der Waals surface area contributed by atoms with E-state index < -0.39 is 11.7 Å². The van der Waals surface area contributed by atoms with Gasteiger partial charge in [-0.2, -0.15) is 13.2 Å². The number of nitrogens with one attached hydrogen (secondary N) is 1. The molecule has 1 atom stereocenters. The molecule has 0 bridgehead atoms. The fourth-order valence-corrected chi connectivity index (χ4v) is 2.24. The number of benzene rings is 1. The third-order valence-electron chi connectivity index (χ3n) is 2.95. The molecule has 0 spiro atoms. The molecule has 0 radical (unpaired) electrons. The number of alkyl halides is 3. The molecule has 2 aromatic rings. The van der Waals surface area contributed by atoms with E-state index in [-0.39, 0.29) is 6.04 Å². The van der Waals surface area contributed by atoms with Gasteiger partial charge in [0.15, 0.2) is 3.77 Å². The first kappa shape index (κ1) is 15.4. The van der Waals surface area contributed by atoms with Gasteiger partial charge in [0.2, 0.25) is 0 Å². The molecule has 0 aliphatic rings. The van der Waals surface area contributed by atoms with Crippen molar-refractivity contribution in [2.24, 2.45) is 0 Å². The zero-order chi connectivity index (χ0) is 14.8. The third kappa shape index (κ3) is 3.99. The predicted octanol–water partition coefficient (Wildman–Crippen LogP) is 4.75. The normalized spacial score (nSPS) is 13.4. The summed E-state index contributed by atoms with van der Waals surface area (Å²) >= 11 is 2.08. The zero-order valence-corrected chi connectivity index (χ0v) is 12.8. The largest absolute Gasteiger partial charge is 0.454 e. The molecule has 6 heteroatoms. The molecule has 0 fully saturated rings. The molecule has 108 valence electrons. The van der Waals surface area contributed by atoms with Gasteiger partial charge >= 0.3 is 6.18 Å². The Bertz CT molecular complexity index is 563. The van der Waals surface area contributed by atoms with Crippen molar-refractivity contribution in [3.05, 3.63) is 57.1 Å². The summed E-state index contributed by atoms with van der Waals surface area (Å²) < 4.78 is 43.6. The Labute approximate surface area is 128 Å². The van der Waals surface area contributed by atoms with Crippen molar-refractivity contribution in [3.8, 4) is 0 Å². The highest BCUT2D eigenvalue weighted by Gasteiger charge is 2.30. The van der Waals surface area contributed by atoms with E-state index >= 15 is 0 Å². The maximum absolute atomic E-state index is 12.5. The number of halogens is 4. The molecule has 1 aromatic heterocycles. The summed E-state index contributed by atoms with van der Waals surface area (Å²) in [5, 5.41) is 3.21. The molecule has 1 aromatic carbocycles. The van der Waals surface area contributed by atoms with Crippen LogP contribution in [0.4, 0.5) is 13.2 Å². The number of hydrogen-bond acceptors (Lipinski definition) is 2. The monoisotopic (exact) mass is 395 g/mol. The Morgan fingerprint density at radius 2 is 1.80 bits per heavy atom. The van der Waals surface area contributed by atoms with Crippen LogP contribution in [0.15, 0.2) is 40.8 Å². The van der Waals surface area contributed by atoms with Gasteiger partial charge in [0.05, 0.1) is 12.1 Å². The van der Waals surface area contributed by atoms with Gasteiger partial charge in [0.1, 0.15) is 5.76 Å². The summed E-state index contributed by atoms with van der Waals surface area (Å²) in [5.41, 5.74) is 0.174. The smallest absolute Gasteiger partial charge is 0.416 e. The zero-order valence-electron chi connectivity index (χ0n) is 10.7. The van der Waals surface area contributed by atoms with Crippen LogP contribution in [0, 0.1) is 3.77 Å². The van der Waals surface area contributed by atoms with Crippen LogP contribution in [0.2, 0.25) is 0 Å². The van der Waals surface area contributed by atoms with E-state index in [1.54, 1.807) is 0 Å². The molecule has 2 nitrogen and oxygen atoms in total. The lowest BCUT2D eigenvalue weighted by Gasteiger charge is -2.14. The first-order valence-electron chi connectivity index (χ1n) is 6.01. The average Bonchev–Trinajstić information content (AvgIpc) is 2.81. The van der Waals surface area contributed by atoms with Crippen molar-refractivity contribution in [3.63, 3.8) is 0 Å². The van der Waals surface area contributed by atoms with Gasteiger partial charge in [0, 0.05) is 6.04 Å². The lowest BCUT2D eigenvalue weighted by molar-refractivity contribution is -0.137. The SMILES string of the molecule is CC(NCc1ccc(I)o1)c1ccc(C(F)(F)F)cc1. The lowest BCUT2D eigenvalue weighted by atomic mass is 10.1. The Kier molecular flexibility index (Phi) is 4.74. The van der Waals surface area contributed by atoms with Crippen LogP contribution in [0.1, 0.15) is 29.9 Å². The highest BCUT2D eigenvalue weighted by molar-refractivity contribution is 14.1. The summed E-state index contributed by atoms with van der Waals surface area (Å²) in [6.07, 6.45) is -4.29. The molecule has 0 aliphatic carbocycles. The van der Waals surface area contributed by atoms with Gasteiger partial charge in [-0.05, 0) is 59.3 Å². The van der Waals surface area contributed by atoms with Gasteiger partial charge in [-0.15, -0.1) is 0 Å². The molecule has 0 saturated carbocycles. The fourth-order valence-electron chi connectivity index (χ4n) is 1.78. The van der Waals surface area contributed by atoms with Crippen molar-refractivity contribution in [2.45, 2.75) is 25.7 Å². The molecule has 20 heavy (non-hydrogen) atoms. The second-order valence-corrected chi connectivity index (χ2v) is 5.49. The van der Waals surface area contributed by atoms with Crippen molar-refractivity contribution in [1.29, 1.82) is 0 Å². The van der Waals surface area contributed by atoms with Crippen molar-refractivity contribution in [2.75, 3.05) is 0 Å². The highest BCUT2D eigenvalue weighted by atomic mass is 127. The van der Waals surface area contributed by atoms with E-state index in [1.807, 2.05) is 19.1 Å². The van der Waals surface area contributed by atoms with E-state index in [0.717, 1.165) is 27.2 Å². The van der Waals surface area contributed by atoms with Crippen LogP contribution in [0.5, 0.6) is 0 Å². The Morgan fingerprint density at radius 1 is 1.15 bits per heavy atom. The van der Waals surface area contributed by atoms with Crippen molar-refractivity contribution in [1.82, 2.24) is 5.32 Å². The van der Waals surface area contributed by atoms with Gasteiger partial charge in [-0.1, -0.05) is 12.1 Å². The van der Waals surface area contributed by atoms with Crippen LogP contribution in [-0.2, 0) is 12.7 Å². The Hall–Kier alpha value is -1.02. The number of hydrogen-bond donors (Lipinski definition) is 1. The summed E-state index contributed by atoms with van der Waals surface area (Å²) in [6.45, 7) is 2.43. The molecule has 0 amide bonds. The minimum absolute atomic E-state index is 0.0555. The van der Waals surface area contributed by atoms with E-state index in [4.69, 9.17) is 4.42 Å². The molecule has 0 saturated heterocycles. The summed E-state index contributed by atoms with van der Waals surface area (Å²) in [6, 6.07) is 8.86. The first-order valence-corrected chi connectivity index (χ1v) is 7.09. The number of furan rings is 1. The van der Waals surface area contributed by atoms with Crippen LogP contribution < -0.4 is 5.32 Å². The van der Waals surface area contributed by atoms with Gasteiger partial charge < -0.3 is 9.73 Å². The van der Waals surface area contributed by atoms with Crippen molar-refractivity contribution >= 4 is 22.6 Å². The second-order valence-electron chi connectivity index (χ2n) is 4.43. The van der Waals surface area contributed by atoms with Crippen LogP contribution in [-0.4, -0.2) is 0 Å². The van der Waals surface area contributed by atoms with Crippen LogP contribution >= 0.6 is 22.6 Å². The van der Waals surface area contributed by atoms with Crippen molar-refractivity contribution < 1.29 is 17.6 Å². The standard InChI is InChI=1S/C14H13F3INO/c1-9(19-8-12-6-7-13(18)20-12)10-2-4-11(5-3-10)14(15,16)17/h2-7,9,19H,8H2,1H3. The van der Waals surface area contributed by atoms with Gasteiger partial charge in [-0.3, -0.25) is 0 Å². The van der Waals surface area contributed by atoms with Gasteiger partial charge in [0.25, 0.3) is 0 Å². The minimum atomic E-state index is -4.29. The topological polar surface area (TPSA) is 25.2 Å². The van der Waals surface area contributed by atoms with E-state index in [9.17, 15) is 13.2 Å². The summed E-state index contributed by atoms with van der Waals surface area (Å²) in [7, 11) is 0. The quantitative estimate of drug-likeness (QED) is 0.756. The second kappa shape index (κ2) is 6.17. The maximum Gasteiger partial charge on any atom is 0.416 e. The predicted molar refractivity (Wildman–Crippen MR) is 78.1 cm³/mol. The summed E-state index contributed by atoms with van der Waals surface area (Å²) in [4.78, 5) is 0. The molecule has 1 N–H and O–H groups in total. The fraction of sp³-hybridized carbons (Fsp3) is 0.286. The van der Waals surface area contributed by atoms with Gasteiger partial charge in [-0.25, -0.2) is 0 Å². The average molecular weight is 395 g/mol. The lowest BCUT2D eigenvalue weighted by Crippen LogP contribution is -2.18. The van der Waals surface area contributed by atoms with Crippen LogP contribution in [0.25, 0.3) is 0 Å². The Balaban J connectivity index is 1.97. The molecule has 1 unspecified atom stereocenters.